The van der Waals surface area contributed by atoms with Crippen LogP contribution in [0, 0.1) is 0 Å². The average molecular weight is 739 g/mol. The van der Waals surface area contributed by atoms with Crippen LogP contribution in [-0.2, 0) is 22.7 Å². The summed E-state index contributed by atoms with van der Waals surface area (Å²) in [6.45, 7) is 2.28. The number of benzene rings is 2. The minimum absolute atomic E-state index is 0.350. The lowest BCUT2D eigenvalue weighted by Crippen LogP contribution is -2.10. The molecule has 6 aromatic heterocycles. The molecule has 0 fully saturated rings. The first kappa shape index (κ1) is 36.1. The molecular weight excluding hydrogens is 701 g/mol. The van der Waals surface area contributed by atoms with Gasteiger partial charge in [-0.25, -0.2) is 9.97 Å². The number of aromatic nitrogens is 6. The molecule has 0 spiro atoms. The lowest BCUT2D eigenvalue weighted by Gasteiger charge is -2.14. The first-order chi connectivity index (χ1) is 27.7. The van der Waals surface area contributed by atoms with E-state index in [9.17, 15) is 0 Å². The molecule has 0 saturated carbocycles. The third-order valence-corrected chi connectivity index (χ3v) is 8.88. The summed E-state index contributed by atoms with van der Waals surface area (Å²) < 4.78 is 24.7. The fraction of sp³-hybridized carbons (Fsp3) is 0.130. The molecule has 0 bridgehead atoms. The minimum Gasteiger partial charge on any atom is -0.491 e. The van der Waals surface area contributed by atoms with Gasteiger partial charge in [0.05, 0.1) is 72.0 Å². The van der Waals surface area contributed by atoms with Crippen molar-refractivity contribution < 1.29 is 18.9 Å². The Balaban J connectivity index is 0.893. The number of nitrogens with zero attached hydrogens (tertiary/aromatic N) is 6. The van der Waals surface area contributed by atoms with Crippen LogP contribution in [0.4, 0.5) is 0 Å². The lowest BCUT2D eigenvalue weighted by atomic mass is 10.0. The van der Waals surface area contributed by atoms with Crippen LogP contribution >= 0.6 is 0 Å². The van der Waals surface area contributed by atoms with Gasteiger partial charge in [-0.3, -0.25) is 19.9 Å². The van der Waals surface area contributed by atoms with Crippen molar-refractivity contribution in [2.45, 2.75) is 13.2 Å². The van der Waals surface area contributed by atoms with Crippen LogP contribution in [-0.4, -0.2) is 56.3 Å². The SMILES string of the molecule is c1ccc(-c2cc(OCCOCc3cc4ccccc4cc3COCCOc3cc(-c4ccccn4)nc(-c4ccccn4)c3)cc(-c3ccccn3)n2)nc1. The predicted octanol–water partition coefficient (Wildman–Crippen LogP) is 9.07. The second-order valence-electron chi connectivity index (χ2n) is 12.8. The molecule has 0 N–H and O–H groups in total. The molecule has 0 atom stereocenters. The number of fused-ring (bicyclic) bond motifs is 1. The molecule has 0 aliphatic carbocycles. The molecule has 8 aromatic rings. The van der Waals surface area contributed by atoms with Gasteiger partial charge in [0.25, 0.3) is 0 Å². The van der Waals surface area contributed by atoms with Crippen molar-refractivity contribution in [1.29, 1.82) is 0 Å². The third-order valence-electron chi connectivity index (χ3n) is 8.88. The van der Waals surface area contributed by atoms with Crippen LogP contribution in [0.2, 0.25) is 0 Å². The standard InChI is InChI=1S/C46H38N6O4/c1-2-12-34-26-36(32-54-22-24-56-38-29-45(41-15-5-9-19-49-41)52-46(30-38)42-16-6-10-20-50-42)35(25-33(34)11-1)31-53-21-23-55-37-27-43(39-13-3-7-17-47-39)51-44(28-37)40-14-4-8-18-48-40/h1-20,25-30H,21-24,31-32H2. The summed E-state index contributed by atoms with van der Waals surface area (Å²) in [4.78, 5) is 27.6. The van der Waals surface area contributed by atoms with Crippen molar-refractivity contribution in [1.82, 2.24) is 29.9 Å². The monoisotopic (exact) mass is 738 g/mol. The molecule has 10 heteroatoms. The third kappa shape index (κ3) is 9.25. The van der Waals surface area contributed by atoms with Crippen LogP contribution in [0.25, 0.3) is 56.3 Å². The van der Waals surface area contributed by atoms with Gasteiger partial charge in [-0.05, 0) is 82.6 Å². The van der Waals surface area contributed by atoms with Crippen molar-refractivity contribution in [3.8, 4) is 57.1 Å². The van der Waals surface area contributed by atoms with E-state index in [1.54, 1.807) is 24.8 Å². The molecule has 0 amide bonds. The van der Waals surface area contributed by atoms with Gasteiger partial charge in [-0.15, -0.1) is 0 Å². The molecule has 0 unspecified atom stereocenters. The van der Waals surface area contributed by atoms with Crippen LogP contribution in [0.15, 0.2) is 158 Å². The van der Waals surface area contributed by atoms with Crippen molar-refractivity contribution in [2.75, 3.05) is 26.4 Å². The fourth-order valence-electron chi connectivity index (χ4n) is 6.16. The number of hydrogen-bond acceptors (Lipinski definition) is 10. The molecule has 8 rings (SSSR count). The van der Waals surface area contributed by atoms with E-state index in [-0.39, 0.29) is 0 Å². The maximum Gasteiger partial charge on any atom is 0.123 e. The predicted molar refractivity (Wildman–Crippen MR) is 216 cm³/mol. The Morgan fingerprint density at radius 3 is 1.00 bits per heavy atom. The van der Waals surface area contributed by atoms with Gasteiger partial charge in [0, 0.05) is 49.1 Å². The van der Waals surface area contributed by atoms with E-state index in [0.717, 1.165) is 44.7 Å². The zero-order valence-electron chi connectivity index (χ0n) is 30.6. The second kappa shape index (κ2) is 18.0. The normalized spacial score (nSPS) is 11.1. The Bertz CT molecular complexity index is 2200. The summed E-state index contributed by atoms with van der Waals surface area (Å²) in [6.07, 6.45) is 7.00. The highest BCUT2D eigenvalue weighted by atomic mass is 16.5. The summed E-state index contributed by atoms with van der Waals surface area (Å²) in [5.41, 5.74) is 7.96. The summed E-state index contributed by atoms with van der Waals surface area (Å²) >= 11 is 0. The van der Waals surface area contributed by atoms with Gasteiger partial charge in [0.1, 0.15) is 24.7 Å². The Labute approximate surface area is 324 Å². The van der Waals surface area contributed by atoms with Gasteiger partial charge >= 0.3 is 0 Å². The first-order valence-corrected chi connectivity index (χ1v) is 18.4. The zero-order chi connectivity index (χ0) is 37.8. The van der Waals surface area contributed by atoms with Gasteiger partial charge in [-0.1, -0.05) is 48.5 Å². The van der Waals surface area contributed by atoms with Gasteiger partial charge in [0.15, 0.2) is 0 Å². The van der Waals surface area contributed by atoms with E-state index in [4.69, 9.17) is 28.9 Å². The van der Waals surface area contributed by atoms with Crippen LogP contribution in [0.5, 0.6) is 11.5 Å². The molecule has 0 aliphatic heterocycles. The van der Waals surface area contributed by atoms with Crippen LogP contribution in [0.1, 0.15) is 11.1 Å². The van der Waals surface area contributed by atoms with E-state index in [1.807, 2.05) is 109 Å². The smallest absolute Gasteiger partial charge is 0.123 e. The Morgan fingerprint density at radius 1 is 0.339 bits per heavy atom. The maximum absolute atomic E-state index is 6.19. The maximum atomic E-state index is 6.19. The van der Waals surface area contributed by atoms with E-state index in [2.05, 4.69) is 44.2 Å². The fourth-order valence-corrected chi connectivity index (χ4v) is 6.16. The molecular formula is C46H38N6O4. The van der Waals surface area contributed by atoms with Crippen LogP contribution < -0.4 is 9.47 Å². The first-order valence-electron chi connectivity index (χ1n) is 18.4. The van der Waals surface area contributed by atoms with E-state index < -0.39 is 0 Å². The zero-order valence-corrected chi connectivity index (χ0v) is 30.6. The van der Waals surface area contributed by atoms with Crippen molar-refractivity contribution in [3.05, 3.63) is 169 Å². The molecule has 0 aliphatic rings. The van der Waals surface area contributed by atoms with E-state index in [0.29, 0.717) is 73.9 Å². The Morgan fingerprint density at radius 2 is 0.679 bits per heavy atom. The summed E-state index contributed by atoms with van der Waals surface area (Å²) in [5.74, 6) is 1.33. The summed E-state index contributed by atoms with van der Waals surface area (Å²) in [5, 5.41) is 2.28. The van der Waals surface area contributed by atoms with Crippen molar-refractivity contribution in [2.24, 2.45) is 0 Å². The number of hydrogen-bond donors (Lipinski definition) is 0. The lowest BCUT2D eigenvalue weighted by molar-refractivity contribution is 0.0782. The highest BCUT2D eigenvalue weighted by molar-refractivity contribution is 5.84. The number of ether oxygens (including phenoxy) is 4. The van der Waals surface area contributed by atoms with E-state index >= 15 is 0 Å². The van der Waals surface area contributed by atoms with Gasteiger partial charge in [-0.2, -0.15) is 0 Å². The molecule has 2 aromatic carbocycles. The number of pyridine rings is 6. The molecule has 6 heterocycles. The molecule has 276 valence electrons. The van der Waals surface area contributed by atoms with Gasteiger partial charge < -0.3 is 18.9 Å². The Hall–Kier alpha value is -6.88. The van der Waals surface area contributed by atoms with Gasteiger partial charge in [0.2, 0.25) is 0 Å². The topological polar surface area (TPSA) is 114 Å². The quantitative estimate of drug-likeness (QED) is 0.0890. The van der Waals surface area contributed by atoms with E-state index in [1.165, 1.54) is 0 Å². The highest BCUT2D eigenvalue weighted by Gasteiger charge is 2.12. The minimum atomic E-state index is 0.350. The Kier molecular flexibility index (Phi) is 11.6. The molecule has 0 radical (unpaired) electrons. The summed E-state index contributed by atoms with van der Waals surface area (Å²) in [6, 6.07) is 43.2. The largest absolute Gasteiger partial charge is 0.491 e. The van der Waals surface area contributed by atoms with Crippen LogP contribution in [0.3, 0.4) is 0 Å². The molecule has 56 heavy (non-hydrogen) atoms. The molecule has 0 saturated heterocycles. The van der Waals surface area contributed by atoms with Crippen molar-refractivity contribution >= 4 is 10.8 Å². The summed E-state index contributed by atoms with van der Waals surface area (Å²) in [7, 11) is 0. The highest BCUT2D eigenvalue weighted by Crippen LogP contribution is 2.28. The number of rotatable bonds is 16. The molecule has 10 nitrogen and oxygen atoms in total. The van der Waals surface area contributed by atoms with Crippen molar-refractivity contribution in [3.63, 3.8) is 0 Å². The average Bonchev–Trinajstić information content (AvgIpc) is 3.27. The second-order valence-corrected chi connectivity index (χ2v) is 12.8.